The Balaban J connectivity index is 2.44. The summed E-state index contributed by atoms with van der Waals surface area (Å²) in [5, 5.41) is 0. The van der Waals surface area contributed by atoms with Gasteiger partial charge in [0.15, 0.2) is 0 Å². The fraction of sp³-hybridized carbons (Fsp3) is 0.286. The minimum Gasteiger partial charge on any atom is -0.399 e. The van der Waals surface area contributed by atoms with E-state index >= 15 is 0 Å². The smallest absolute Gasteiger partial charge is 0.0314 e. The van der Waals surface area contributed by atoms with Crippen LogP contribution in [0.1, 0.15) is 31.7 Å². The molecule has 0 saturated carbocycles. The molecule has 0 unspecified atom stereocenters. The molecule has 78 valence electrons. The summed E-state index contributed by atoms with van der Waals surface area (Å²) in [6.07, 6.45) is 7.63. The SMILES string of the molecule is CCCC/C=C\C#Cc1ccc(N)cc1. The van der Waals surface area contributed by atoms with Crippen LogP contribution in [0, 0.1) is 11.8 Å². The predicted molar refractivity (Wildman–Crippen MR) is 66.4 cm³/mol. The summed E-state index contributed by atoms with van der Waals surface area (Å²) in [7, 11) is 0. The molecule has 0 bridgehead atoms. The highest BCUT2D eigenvalue weighted by Crippen LogP contribution is 2.03. The maximum atomic E-state index is 5.57. The minimum atomic E-state index is 0.777. The summed E-state index contributed by atoms with van der Waals surface area (Å²) < 4.78 is 0. The first kappa shape index (κ1) is 11.4. The molecule has 0 spiro atoms. The molecule has 0 atom stereocenters. The van der Waals surface area contributed by atoms with Crippen LogP contribution in [-0.2, 0) is 0 Å². The second kappa shape index (κ2) is 6.73. The Kier molecular flexibility index (Phi) is 5.11. The second-order valence-electron chi connectivity index (χ2n) is 3.44. The molecule has 0 fully saturated rings. The Morgan fingerprint density at radius 3 is 2.67 bits per heavy atom. The zero-order chi connectivity index (χ0) is 10.9. The van der Waals surface area contributed by atoms with Crippen LogP contribution in [0.5, 0.6) is 0 Å². The van der Waals surface area contributed by atoms with Crippen molar-refractivity contribution in [3.63, 3.8) is 0 Å². The number of anilines is 1. The number of hydrogen-bond donors (Lipinski definition) is 1. The van der Waals surface area contributed by atoms with Gasteiger partial charge in [-0.15, -0.1) is 0 Å². The molecular formula is C14H17N. The van der Waals surface area contributed by atoms with E-state index in [-0.39, 0.29) is 0 Å². The lowest BCUT2D eigenvalue weighted by molar-refractivity contribution is 0.815. The van der Waals surface area contributed by atoms with E-state index in [0.717, 1.165) is 17.7 Å². The van der Waals surface area contributed by atoms with Gasteiger partial charge in [-0.3, -0.25) is 0 Å². The normalized spacial score (nSPS) is 9.93. The third kappa shape index (κ3) is 4.93. The van der Waals surface area contributed by atoms with Crippen molar-refractivity contribution < 1.29 is 0 Å². The van der Waals surface area contributed by atoms with E-state index in [1.54, 1.807) is 0 Å². The van der Waals surface area contributed by atoms with E-state index in [2.05, 4.69) is 24.8 Å². The van der Waals surface area contributed by atoms with Crippen LogP contribution in [0.15, 0.2) is 36.4 Å². The number of allylic oxidation sites excluding steroid dienone is 2. The summed E-state index contributed by atoms with van der Waals surface area (Å²) in [5.41, 5.74) is 7.36. The van der Waals surface area contributed by atoms with E-state index in [4.69, 9.17) is 5.73 Å². The molecule has 0 saturated heterocycles. The molecule has 1 nitrogen and oxygen atoms in total. The standard InChI is InChI=1S/C14H17N/c1-2-3-4-5-6-7-8-13-9-11-14(15)12-10-13/h5-6,9-12H,2-4,15H2,1H3/b6-5-. The third-order valence-electron chi connectivity index (χ3n) is 2.05. The topological polar surface area (TPSA) is 26.0 Å². The Morgan fingerprint density at radius 1 is 1.27 bits per heavy atom. The van der Waals surface area contributed by atoms with E-state index < -0.39 is 0 Å². The molecule has 1 aromatic carbocycles. The van der Waals surface area contributed by atoms with Crippen LogP contribution in [0.3, 0.4) is 0 Å². The van der Waals surface area contributed by atoms with Crippen molar-refractivity contribution in [3.8, 4) is 11.8 Å². The molecule has 0 aliphatic carbocycles. The Bertz CT molecular complexity index is 363. The highest BCUT2D eigenvalue weighted by Gasteiger charge is 1.84. The molecular weight excluding hydrogens is 182 g/mol. The molecule has 0 aliphatic rings. The number of nitrogens with two attached hydrogens (primary N) is 1. The lowest BCUT2D eigenvalue weighted by Crippen LogP contribution is -1.82. The zero-order valence-corrected chi connectivity index (χ0v) is 9.16. The molecule has 2 N–H and O–H groups in total. The summed E-state index contributed by atoms with van der Waals surface area (Å²) in [6.45, 7) is 2.19. The molecule has 1 heteroatoms. The predicted octanol–water partition coefficient (Wildman–Crippen LogP) is 3.37. The van der Waals surface area contributed by atoms with Crippen LogP contribution >= 0.6 is 0 Å². The van der Waals surface area contributed by atoms with Gasteiger partial charge >= 0.3 is 0 Å². The molecule has 0 radical (unpaired) electrons. The van der Waals surface area contributed by atoms with Crippen LogP contribution in [0.25, 0.3) is 0 Å². The quantitative estimate of drug-likeness (QED) is 0.451. The van der Waals surface area contributed by atoms with Gasteiger partial charge < -0.3 is 5.73 Å². The van der Waals surface area contributed by atoms with Crippen LogP contribution in [0.4, 0.5) is 5.69 Å². The van der Waals surface area contributed by atoms with E-state index in [1.165, 1.54) is 12.8 Å². The Labute approximate surface area is 92.0 Å². The van der Waals surface area contributed by atoms with Gasteiger partial charge in [-0.2, -0.15) is 0 Å². The monoisotopic (exact) mass is 199 g/mol. The van der Waals surface area contributed by atoms with Crippen LogP contribution in [-0.4, -0.2) is 0 Å². The average molecular weight is 199 g/mol. The van der Waals surface area contributed by atoms with Crippen molar-refractivity contribution in [3.05, 3.63) is 42.0 Å². The molecule has 0 aliphatic heterocycles. The number of hydrogen-bond acceptors (Lipinski definition) is 1. The van der Waals surface area contributed by atoms with Gasteiger partial charge in [-0.1, -0.05) is 37.7 Å². The molecule has 0 aromatic heterocycles. The minimum absolute atomic E-state index is 0.777. The van der Waals surface area contributed by atoms with Crippen LogP contribution in [0.2, 0.25) is 0 Å². The maximum absolute atomic E-state index is 5.57. The highest BCUT2D eigenvalue weighted by atomic mass is 14.5. The van der Waals surface area contributed by atoms with E-state index in [0.29, 0.717) is 0 Å². The maximum Gasteiger partial charge on any atom is 0.0314 e. The van der Waals surface area contributed by atoms with Gasteiger partial charge in [-0.25, -0.2) is 0 Å². The highest BCUT2D eigenvalue weighted by molar-refractivity contribution is 5.45. The third-order valence-corrected chi connectivity index (χ3v) is 2.05. The van der Waals surface area contributed by atoms with Gasteiger partial charge in [0.2, 0.25) is 0 Å². The first-order valence-electron chi connectivity index (χ1n) is 5.35. The molecule has 0 heterocycles. The molecule has 1 aromatic rings. The number of rotatable bonds is 3. The van der Waals surface area contributed by atoms with E-state index in [1.807, 2.05) is 30.3 Å². The van der Waals surface area contributed by atoms with Gasteiger partial charge in [0.05, 0.1) is 0 Å². The first-order valence-corrected chi connectivity index (χ1v) is 5.35. The summed E-state index contributed by atoms with van der Waals surface area (Å²) in [5.74, 6) is 6.07. The molecule has 0 amide bonds. The lowest BCUT2D eigenvalue weighted by Gasteiger charge is -1.90. The average Bonchev–Trinajstić information content (AvgIpc) is 2.26. The van der Waals surface area contributed by atoms with Crippen molar-refractivity contribution in [2.24, 2.45) is 0 Å². The van der Waals surface area contributed by atoms with Gasteiger partial charge in [0.25, 0.3) is 0 Å². The number of nitrogen functional groups attached to an aromatic ring is 1. The van der Waals surface area contributed by atoms with Crippen molar-refractivity contribution in [1.29, 1.82) is 0 Å². The second-order valence-corrected chi connectivity index (χ2v) is 3.44. The largest absolute Gasteiger partial charge is 0.399 e. The zero-order valence-electron chi connectivity index (χ0n) is 9.16. The van der Waals surface area contributed by atoms with Crippen molar-refractivity contribution >= 4 is 5.69 Å². The first-order chi connectivity index (χ1) is 7.33. The number of unbranched alkanes of at least 4 members (excludes halogenated alkanes) is 2. The van der Waals surface area contributed by atoms with Gasteiger partial charge in [0, 0.05) is 11.3 Å². The molecule has 1 rings (SSSR count). The van der Waals surface area contributed by atoms with Crippen LogP contribution < -0.4 is 5.73 Å². The summed E-state index contributed by atoms with van der Waals surface area (Å²) in [6, 6.07) is 7.60. The number of benzene rings is 1. The fourth-order valence-electron chi connectivity index (χ4n) is 1.16. The van der Waals surface area contributed by atoms with Gasteiger partial charge in [0.1, 0.15) is 0 Å². The van der Waals surface area contributed by atoms with Crippen molar-refractivity contribution in [2.45, 2.75) is 26.2 Å². The summed E-state index contributed by atoms with van der Waals surface area (Å²) >= 11 is 0. The lowest BCUT2D eigenvalue weighted by atomic mass is 10.2. The van der Waals surface area contributed by atoms with Crippen molar-refractivity contribution in [1.82, 2.24) is 0 Å². The summed E-state index contributed by atoms with van der Waals surface area (Å²) in [4.78, 5) is 0. The Morgan fingerprint density at radius 2 is 2.00 bits per heavy atom. The molecule has 15 heavy (non-hydrogen) atoms. The fourth-order valence-corrected chi connectivity index (χ4v) is 1.16. The van der Waals surface area contributed by atoms with Crippen molar-refractivity contribution in [2.75, 3.05) is 5.73 Å². The Hall–Kier alpha value is -1.68. The van der Waals surface area contributed by atoms with Gasteiger partial charge in [-0.05, 0) is 36.8 Å². The van der Waals surface area contributed by atoms with E-state index in [9.17, 15) is 0 Å².